The fourth-order valence-electron chi connectivity index (χ4n) is 1.67. The average Bonchev–Trinajstić information content (AvgIpc) is 2.50. The predicted octanol–water partition coefficient (Wildman–Crippen LogP) is 2.26. The molecule has 0 fully saturated rings. The first-order valence-corrected chi connectivity index (χ1v) is 8.64. The Bertz CT molecular complexity index is 245. The molecule has 0 aromatic heterocycles. The molecule has 4 heteroatoms. The van der Waals surface area contributed by atoms with Crippen LogP contribution in [-0.4, -0.2) is 37.9 Å². The summed E-state index contributed by atoms with van der Waals surface area (Å²) in [5.74, 6) is 0. The molecular formula is C10H19NO2Si. The zero-order chi connectivity index (χ0) is 10.8. The number of amides is 1. The van der Waals surface area contributed by atoms with Gasteiger partial charge in [0.25, 0.3) is 0 Å². The van der Waals surface area contributed by atoms with Gasteiger partial charge in [0, 0.05) is 12.2 Å². The van der Waals surface area contributed by atoms with Crippen molar-refractivity contribution in [3.63, 3.8) is 0 Å². The molecule has 1 aliphatic heterocycles. The van der Waals surface area contributed by atoms with Crippen molar-refractivity contribution in [2.24, 2.45) is 0 Å². The van der Waals surface area contributed by atoms with Crippen LogP contribution in [0.3, 0.4) is 0 Å². The maximum Gasteiger partial charge on any atom is 0.410 e. The Balaban J connectivity index is 2.67. The number of hydrogen-bond acceptors (Lipinski definition) is 2. The summed E-state index contributed by atoms with van der Waals surface area (Å²) in [6, 6.07) is 0. The normalized spacial score (nSPS) is 21.4. The number of carbonyl (C=O) groups excluding carboxylic acids is 1. The lowest BCUT2D eigenvalue weighted by Gasteiger charge is -2.32. The maximum absolute atomic E-state index is 11.6. The average molecular weight is 213 g/mol. The van der Waals surface area contributed by atoms with E-state index < -0.39 is 8.07 Å². The molecule has 0 aliphatic carbocycles. The minimum Gasteiger partial charge on any atom is -0.450 e. The van der Waals surface area contributed by atoms with Crippen LogP contribution >= 0.6 is 0 Å². The molecule has 80 valence electrons. The highest BCUT2D eigenvalue weighted by Crippen LogP contribution is 2.21. The van der Waals surface area contributed by atoms with Crippen LogP contribution in [-0.2, 0) is 4.74 Å². The van der Waals surface area contributed by atoms with Crippen LogP contribution < -0.4 is 0 Å². The van der Waals surface area contributed by atoms with Gasteiger partial charge in [0.15, 0.2) is 0 Å². The molecule has 1 amide bonds. The molecule has 0 aromatic carbocycles. The quantitative estimate of drug-likeness (QED) is 0.520. The summed E-state index contributed by atoms with van der Waals surface area (Å²) in [5.41, 5.74) is 0.293. The largest absolute Gasteiger partial charge is 0.450 e. The third-order valence-electron chi connectivity index (χ3n) is 2.35. The van der Waals surface area contributed by atoms with Crippen molar-refractivity contribution in [3.05, 3.63) is 12.2 Å². The van der Waals surface area contributed by atoms with Crippen molar-refractivity contribution < 1.29 is 9.53 Å². The summed E-state index contributed by atoms with van der Waals surface area (Å²) in [4.78, 5) is 13.4. The van der Waals surface area contributed by atoms with Gasteiger partial charge >= 0.3 is 6.09 Å². The standard InChI is InChI=1S/C10H19NO2Si/c1-5-13-10(12)11-8-6-7-9(11)14(2,3)4/h6-7,9H,5,8H2,1-4H3. The molecule has 0 bridgehead atoms. The molecule has 0 N–H and O–H groups in total. The molecule has 14 heavy (non-hydrogen) atoms. The highest BCUT2D eigenvalue weighted by Gasteiger charge is 2.35. The van der Waals surface area contributed by atoms with Crippen molar-refractivity contribution in [1.29, 1.82) is 0 Å². The first-order chi connectivity index (χ1) is 6.46. The predicted molar refractivity (Wildman–Crippen MR) is 60.0 cm³/mol. The van der Waals surface area contributed by atoms with Crippen LogP contribution in [0.25, 0.3) is 0 Å². The van der Waals surface area contributed by atoms with Crippen LogP contribution in [0, 0.1) is 0 Å². The Morgan fingerprint density at radius 1 is 1.57 bits per heavy atom. The van der Waals surface area contributed by atoms with Gasteiger partial charge in [-0.05, 0) is 6.92 Å². The Labute approximate surface area is 86.7 Å². The van der Waals surface area contributed by atoms with Gasteiger partial charge in [-0.15, -0.1) is 0 Å². The van der Waals surface area contributed by atoms with Gasteiger partial charge in [0.2, 0.25) is 0 Å². The molecule has 1 aliphatic rings. The van der Waals surface area contributed by atoms with Crippen molar-refractivity contribution in [1.82, 2.24) is 4.90 Å². The third kappa shape index (κ3) is 2.38. The fraction of sp³-hybridized carbons (Fsp3) is 0.700. The summed E-state index contributed by atoms with van der Waals surface area (Å²) in [7, 11) is -1.34. The first kappa shape index (κ1) is 11.3. The van der Waals surface area contributed by atoms with Crippen LogP contribution in [0.1, 0.15) is 6.92 Å². The van der Waals surface area contributed by atoms with E-state index in [2.05, 4.69) is 31.8 Å². The molecular weight excluding hydrogens is 194 g/mol. The highest BCUT2D eigenvalue weighted by molar-refractivity contribution is 6.78. The van der Waals surface area contributed by atoms with Gasteiger partial charge in [-0.1, -0.05) is 31.8 Å². The van der Waals surface area contributed by atoms with Crippen LogP contribution in [0.4, 0.5) is 4.79 Å². The first-order valence-electron chi connectivity index (χ1n) is 5.07. The van der Waals surface area contributed by atoms with Gasteiger partial charge in [-0.25, -0.2) is 4.79 Å². The molecule has 3 nitrogen and oxygen atoms in total. The van der Waals surface area contributed by atoms with E-state index >= 15 is 0 Å². The van der Waals surface area contributed by atoms with Crippen molar-refractivity contribution in [3.8, 4) is 0 Å². The summed E-state index contributed by atoms with van der Waals surface area (Å²) in [5, 5.41) is 0. The minimum atomic E-state index is -1.34. The second kappa shape index (κ2) is 4.17. The molecule has 0 saturated carbocycles. The zero-order valence-corrected chi connectivity index (χ0v) is 10.4. The Morgan fingerprint density at radius 3 is 2.71 bits per heavy atom. The molecule has 1 heterocycles. The lowest BCUT2D eigenvalue weighted by Crippen LogP contribution is -2.50. The van der Waals surface area contributed by atoms with E-state index in [1.807, 2.05) is 11.8 Å². The lowest BCUT2D eigenvalue weighted by molar-refractivity contribution is 0.113. The molecule has 1 atom stereocenters. The van der Waals surface area contributed by atoms with E-state index in [0.29, 0.717) is 18.8 Å². The number of hydrogen-bond donors (Lipinski definition) is 0. The highest BCUT2D eigenvalue weighted by atomic mass is 28.3. The zero-order valence-electron chi connectivity index (χ0n) is 9.41. The Morgan fingerprint density at radius 2 is 2.21 bits per heavy atom. The molecule has 0 aromatic rings. The van der Waals surface area contributed by atoms with Crippen LogP contribution in [0.15, 0.2) is 12.2 Å². The second-order valence-electron chi connectivity index (χ2n) is 4.59. The van der Waals surface area contributed by atoms with Crippen molar-refractivity contribution in [2.45, 2.75) is 32.2 Å². The Kier molecular flexibility index (Phi) is 3.37. The summed E-state index contributed by atoms with van der Waals surface area (Å²) in [6.07, 6.45) is 4.02. The third-order valence-corrected chi connectivity index (χ3v) is 4.62. The number of nitrogens with zero attached hydrogens (tertiary/aromatic N) is 1. The molecule has 1 rings (SSSR count). The van der Waals surface area contributed by atoms with E-state index in [1.165, 1.54) is 0 Å². The molecule has 0 spiro atoms. The molecule has 1 unspecified atom stereocenters. The topological polar surface area (TPSA) is 29.5 Å². The van der Waals surface area contributed by atoms with E-state index in [9.17, 15) is 4.79 Å². The second-order valence-corrected chi connectivity index (χ2v) is 9.91. The van der Waals surface area contributed by atoms with Crippen molar-refractivity contribution in [2.75, 3.05) is 13.2 Å². The van der Waals surface area contributed by atoms with E-state index in [0.717, 1.165) is 0 Å². The number of carbonyl (C=O) groups is 1. The maximum atomic E-state index is 11.6. The van der Waals surface area contributed by atoms with Gasteiger partial charge in [-0.3, -0.25) is 0 Å². The van der Waals surface area contributed by atoms with Gasteiger partial charge in [0.05, 0.1) is 14.7 Å². The summed E-state index contributed by atoms with van der Waals surface area (Å²) < 4.78 is 5.02. The smallest absolute Gasteiger partial charge is 0.410 e. The number of rotatable bonds is 2. The SMILES string of the molecule is CCOC(=O)N1CC=CC1[Si](C)(C)C. The van der Waals surface area contributed by atoms with E-state index in [-0.39, 0.29) is 6.09 Å². The van der Waals surface area contributed by atoms with Crippen molar-refractivity contribution >= 4 is 14.2 Å². The van der Waals surface area contributed by atoms with E-state index in [4.69, 9.17) is 4.74 Å². The fourth-order valence-corrected chi connectivity index (χ4v) is 3.53. The van der Waals surface area contributed by atoms with Gasteiger partial charge < -0.3 is 9.64 Å². The number of ether oxygens (including phenoxy) is 1. The summed E-state index contributed by atoms with van der Waals surface area (Å²) in [6.45, 7) is 9.78. The Hall–Kier alpha value is -0.773. The molecule has 0 saturated heterocycles. The van der Waals surface area contributed by atoms with Gasteiger partial charge in [0.1, 0.15) is 0 Å². The lowest BCUT2D eigenvalue weighted by atomic mass is 10.6. The minimum absolute atomic E-state index is 0.176. The monoisotopic (exact) mass is 213 g/mol. The van der Waals surface area contributed by atoms with Gasteiger partial charge in [-0.2, -0.15) is 0 Å². The summed E-state index contributed by atoms with van der Waals surface area (Å²) >= 11 is 0. The van der Waals surface area contributed by atoms with E-state index in [1.54, 1.807) is 0 Å². The van der Waals surface area contributed by atoms with Crippen LogP contribution in [0.5, 0.6) is 0 Å². The van der Waals surface area contributed by atoms with Crippen LogP contribution in [0.2, 0.25) is 19.6 Å². The molecule has 0 radical (unpaired) electrons.